The van der Waals surface area contributed by atoms with E-state index in [1.807, 2.05) is 4.57 Å². The normalized spacial score (nSPS) is 12.0. The fourth-order valence-corrected chi connectivity index (χ4v) is 3.69. The van der Waals surface area contributed by atoms with Gasteiger partial charge in [0.25, 0.3) is 0 Å². The number of nitrogens with one attached hydrogen (secondary N) is 1. The van der Waals surface area contributed by atoms with Gasteiger partial charge in [0.05, 0.1) is 5.75 Å². The van der Waals surface area contributed by atoms with Crippen LogP contribution in [-0.4, -0.2) is 31.5 Å². The Balaban J connectivity index is 1.71. The molecule has 2 aromatic carbocycles. The molecule has 1 heterocycles. The fraction of sp³-hybridized carbons (Fsp3) is 0.318. The highest BCUT2D eigenvalue weighted by Gasteiger charge is 2.22. The van der Waals surface area contributed by atoms with Crippen molar-refractivity contribution >= 4 is 23.4 Å². The van der Waals surface area contributed by atoms with E-state index in [2.05, 4.69) is 29.4 Å². The van der Waals surface area contributed by atoms with Crippen LogP contribution in [0.2, 0.25) is 0 Å². The van der Waals surface area contributed by atoms with E-state index in [9.17, 15) is 14.3 Å². The number of ether oxygens (including phenoxy) is 1. The first-order valence-corrected chi connectivity index (χ1v) is 10.9. The smallest absolute Gasteiger partial charge is 0.234 e. The van der Waals surface area contributed by atoms with Gasteiger partial charge in [0.1, 0.15) is 5.75 Å². The van der Waals surface area contributed by atoms with Gasteiger partial charge in [0.2, 0.25) is 5.91 Å². The van der Waals surface area contributed by atoms with Crippen molar-refractivity contribution in [2.45, 2.75) is 38.6 Å². The summed E-state index contributed by atoms with van der Waals surface area (Å²) >= 11 is 1.25. The van der Waals surface area contributed by atoms with Crippen LogP contribution in [-0.2, 0) is 11.3 Å². The number of hydrogen-bond acceptors (Lipinski definition) is 6. The molecule has 0 saturated carbocycles. The van der Waals surface area contributed by atoms with Gasteiger partial charge in [-0.15, -0.1) is 10.2 Å². The van der Waals surface area contributed by atoms with Gasteiger partial charge in [-0.25, -0.2) is 4.39 Å². The van der Waals surface area contributed by atoms with Gasteiger partial charge >= 0.3 is 0 Å². The van der Waals surface area contributed by atoms with Crippen LogP contribution in [0.15, 0.2) is 53.7 Å². The lowest BCUT2D eigenvalue weighted by Gasteiger charge is -2.18. The van der Waals surface area contributed by atoms with Crippen molar-refractivity contribution in [1.82, 2.24) is 14.8 Å². The Morgan fingerprint density at radius 2 is 1.97 bits per heavy atom. The summed E-state index contributed by atoms with van der Waals surface area (Å²) in [6.07, 6.45) is -0.529. The number of phenolic OH excluding ortho intramolecular Hbond substituents is 1. The molecule has 0 fully saturated rings. The van der Waals surface area contributed by atoms with Gasteiger partial charge in [-0.2, -0.15) is 0 Å². The van der Waals surface area contributed by atoms with E-state index in [-0.39, 0.29) is 23.2 Å². The summed E-state index contributed by atoms with van der Waals surface area (Å²) in [4.78, 5) is 12.3. The van der Waals surface area contributed by atoms with E-state index in [0.717, 1.165) is 0 Å². The molecule has 2 N–H and O–H groups in total. The third-order valence-electron chi connectivity index (χ3n) is 4.26. The maximum absolute atomic E-state index is 14.0. The van der Waals surface area contributed by atoms with Crippen molar-refractivity contribution < 1.29 is 19.0 Å². The summed E-state index contributed by atoms with van der Waals surface area (Å²) in [6, 6.07) is 12.6. The second-order valence-corrected chi connectivity index (χ2v) is 8.37. The highest BCUT2D eigenvalue weighted by atomic mass is 32.2. The molecular formula is C22H25FN4O3S. The number of aromatic hydroxyl groups is 1. The summed E-state index contributed by atoms with van der Waals surface area (Å²) < 4.78 is 21.6. The van der Waals surface area contributed by atoms with Crippen LogP contribution in [0.5, 0.6) is 11.5 Å². The Morgan fingerprint density at radius 1 is 1.19 bits per heavy atom. The van der Waals surface area contributed by atoms with Gasteiger partial charge in [0, 0.05) is 18.3 Å². The molecule has 0 saturated heterocycles. The molecule has 1 unspecified atom stereocenters. The summed E-state index contributed by atoms with van der Waals surface area (Å²) in [7, 11) is 0. The van der Waals surface area contributed by atoms with Crippen LogP contribution in [0, 0.1) is 11.7 Å². The molecular weight excluding hydrogens is 419 g/mol. The van der Waals surface area contributed by atoms with Crippen molar-refractivity contribution in [3.8, 4) is 11.5 Å². The van der Waals surface area contributed by atoms with Crippen molar-refractivity contribution in [3.05, 3.63) is 60.2 Å². The average molecular weight is 445 g/mol. The summed E-state index contributed by atoms with van der Waals surface area (Å²) in [5, 5.41) is 21.3. The van der Waals surface area contributed by atoms with Crippen LogP contribution in [0.1, 0.15) is 32.7 Å². The number of anilines is 1. The molecule has 1 atom stereocenters. The van der Waals surface area contributed by atoms with E-state index in [1.165, 1.54) is 30.0 Å². The first-order valence-electron chi connectivity index (χ1n) is 9.89. The lowest BCUT2D eigenvalue weighted by molar-refractivity contribution is -0.113. The van der Waals surface area contributed by atoms with E-state index < -0.39 is 11.9 Å². The number of phenols is 1. The number of amides is 1. The predicted octanol–water partition coefficient (Wildman–Crippen LogP) is 4.65. The monoisotopic (exact) mass is 444 g/mol. The number of benzene rings is 2. The fourth-order valence-electron chi connectivity index (χ4n) is 2.94. The molecule has 0 spiro atoms. The first kappa shape index (κ1) is 22.6. The number of aromatic nitrogens is 3. The Hall–Kier alpha value is -3.07. The summed E-state index contributed by atoms with van der Waals surface area (Å²) in [6.45, 7) is 6.55. The van der Waals surface area contributed by atoms with E-state index >= 15 is 0 Å². The Kier molecular flexibility index (Phi) is 7.51. The highest BCUT2D eigenvalue weighted by molar-refractivity contribution is 7.99. The Bertz CT molecular complexity index is 1040. The minimum atomic E-state index is -0.529. The molecule has 164 valence electrons. The lowest BCUT2D eigenvalue weighted by Crippen LogP contribution is -2.17. The second-order valence-electron chi connectivity index (χ2n) is 7.42. The number of hydrogen-bond donors (Lipinski definition) is 2. The predicted molar refractivity (Wildman–Crippen MR) is 118 cm³/mol. The van der Waals surface area contributed by atoms with Gasteiger partial charge < -0.3 is 19.7 Å². The van der Waals surface area contributed by atoms with Crippen molar-refractivity contribution in [2.24, 2.45) is 5.92 Å². The maximum Gasteiger partial charge on any atom is 0.234 e. The lowest BCUT2D eigenvalue weighted by atomic mass is 10.2. The molecule has 0 aliphatic rings. The first-order chi connectivity index (χ1) is 14.8. The van der Waals surface area contributed by atoms with Crippen LogP contribution < -0.4 is 10.1 Å². The van der Waals surface area contributed by atoms with E-state index in [1.54, 1.807) is 37.3 Å². The third-order valence-corrected chi connectivity index (χ3v) is 5.23. The SMILES string of the molecule is CC(C)Cn1c(SCC(=O)Nc2cccc(O)c2)nnc1C(C)Oc1ccccc1F. The molecule has 31 heavy (non-hydrogen) atoms. The van der Waals surface area contributed by atoms with Crippen LogP contribution >= 0.6 is 11.8 Å². The zero-order chi connectivity index (χ0) is 22.4. The zero-order valence-corrected chi connectivity index (χ0v) is 18.4. The molecule has 0 aliphatic carbocycles. The molecule has 3 rings (SSSR count). The second kappa shape index (κ2) is 10.3. The minimum absolute atomic E-state index is 0.0793. The van der Waals surface area contributed by atoms with Gasteiger partial charge in [-0.05, 0) is 37.1 Å². The van der Waals surface area contributed by atoms with Crippen molar-refractivity contribution in [3.63, 3.8) is 0 Å². The Morgan fingerprint density at radius 3 is 2.68 bits per heavy atom. The van der Waals surface area contributed by atoms with Crippen LogP contribution in [0.4, 0.5) is 10.1 Å². The molecule has 9 heteroatoms. The molecule has 1 aromatic heterocycles. The van der Waals surface area contributed by atoms with Crippen molar-refractivity contribution in [2.75, 3.05) is 11.1 Å². The number of nitrogens with zero attached hydrogens (tertiary/aromatic N) is 3. The van der Waals surface area contributed by atoms with Crippen LogP contribution in [0.25, 0.3) is 0 Å². The van der Waals surface area contributed by atoms with Crippen LogP contribution in [0.3, 0.4) is 0 Å². The standard InChI is InChI=1S/C22H25FN4O3S/c1-14(2)12-27-21(15(3)30-19-10-5-4-9-18(19)23)25-26-22(27)31-13-20(29)24-16-7-6-8-17(28)11-16/h4-11,14-15,28H,12-13H2,1-3H3,(H,24,29). The molecule has 3 aromatic rings. The number of halogens is 1. The molecule has 1 amide bonds. The summed E-state index contributed by atoms with van der Waals surface area (Å²) in [5.41, 5.74) is 0.516. The number of thioether (sulfide) groups is 1. The topological polar surface area (TPSA) is 89.3 Å². The molecule has 0 aliphatic heterocycles. The maximum atomic E-state index is 14.0. The molecule has 0 bridgehead atoms. The third kappa shape index (κ3) is 6.21. The minimum Gasteiger partial charge on any atom is -0.508 e. The largest absolute Gasteiger partial charge is 0.508 e. The average Bonchev–Trinajstić information content (AvgIpc) is 3.10. The highest BCUT2D eigenvalue weighted by Crippen LogP contribution is 2.27. The van der Waals surface area contributed by atoms with Gasteiger partial charge in [0.15, 0.2) is 28.7 Å². The van der Waals surface area contributed by atoms with Gasteiger partial charge in [-0.3, -0.25) is 4.79 Å². The van der Waals surface area contributed by atoms with E-state index in [4.69, 9.17) is 4.74 Å². The number of para-hydroxylation sites is 1. The van der Waals surface area contributed by atoms with Gasteiger partial charge in [-0.1, -0.05) is 43.8 Å². The molecule has 7 nitrogen and oxygen atoms in total. The summed E-state index contributed by atoms with van der Waals surface area (Å²) in [5.74, 6) is 0.538. The Labute approximate surface area is 184 Å². The quantitative estimate of drug-likeness (QED) is 0.467. The number of carbonyl (C=O) groups excluding carboxylic acids is 1. The van der Waals surface area contributed by atoms with Crippen molar-refractivity contribution in [1.29, 1.82) is 0 Å². The molecule has 0 radical (unpaired) electrons. The number of rotatable bonds is 9. The zero-order valence-electron chi connectivity index (χ0n) is 17.6. The number of carbonyl (C=O) groups is 1. The van der Waals surface area contributed by atoms with E-state index in [0.29, 0.717) is 29.1 Å².